The third-order valence-electron chi connectivity index (χ3n) is 5.94. The van der Waals surface area contributed by atoms with Gasteiger partial charge in [-0.1, -0.05) is 54.6 Å². The first-order valence-electron chi connectivity index (χ1n) is 11.0. The molecule has 5 rings (SSSR count). The van der Waals surface area contributed by atoms with Crippen molar-refractivity contribution in [2.75, 3.05) is 12.3 Å². The van der Waals surface area contributed by atoms with Crippen LogP contribution in [0.5, 0.6) is 5.88 Å². The third kappa shape index (κ3) is 3.51. The summed E-state index contributed by atoms with van der Waals surface area (Å²) in [5, 5.41) is 16.1. The molecule has 0 saturated heterocycles. The van der Waals surface area contributed by atoms with E-state index >= 15 is 0 Å². The zero-order chi connectivity index (χ0) is 22.2. The number of rotatable bonds is 5. The monoisotopic (exact) mass is 446 g/mol. The van der Waals surface area contributed by atoms with Gasteiger partial charge in [-0.15, -0.1) is 0 Å². The van der Waals surface area contributed by atoms with Crippen LogP contribution in [-0.2, 0) is 6.42 Å². The lowest BCUT2D eigenvalue weighted by Crippen LogP contribution is -2.36. The molecular weight excluding hydrogens is 420 g/mol. The van der Waals surface area contributed by atoms with Crippen molar-refractivity contribution in [3.05, 3.63) is 81.3 Å². The van der Waals surface area contributed by atoms with Crippen LogP contribution in [0.4, 0.5) is 0 Å². The van der Waals surface area contributed by atoms with E-state index in [1.54, 1.807) is 4.57 Å². The Kier molecular flexibility index (Phi) is 5.53. The van der Waals surface area contributed by atoms with Crippen LogP contribution in [0.25, 0.3) is 16.6 Å². The molecule has 2 aromatic heterocycles. The Labute approximate surface area is 190 Å². The summed E-state index contributed by atoms with van der Waals surface area (Å²) >= 11 is 1.48. The van der Waals surface area contributed by atoms with Crippen LogP contribution in [-0.4, -0.2) is 31.9 Å². The summed E-state index contributed by atoms with van der Waals surface area (Å²) < 4.78 is 1.63. The number of aromatic hydroxyl groups is 1. The molecule has 0 spiro atoms. The lowest BCUT2D eigenvalue weighted by atomic mass is 9.95. The van der Waals surface area contributed by atoms with Gasteiger partial charge in [0, 0.05) is 28.9 Å². The molecule has 1 aliphatic heterocycles. The zero-order valence-electron chi connectivity index (χ0n) is 18.2. The molecule has 2 aromatic carbocycles. The van der Waals surface area contributed by atoms with Crippen LogP contribution >= 0.6 is 11.8 Å². The minimum Gasteiger partial charge on any atom is -0.493 e. The Morgan fingerprint density at radius 3 is 2.75 bits per heavy atom. The smallest absolute Gasteiger partial charge is 0.267 e. The molecule has 0 fully saturated rings. The molecule has 3 N–H and O–H groups in total. The molecule has 0 amide bonds. The molecule has 32 heavy (non-hydrogen) atoms. The number of nitrogens with zero attached hydrogens (tertiary/aromatic N) is 2. The maximum Gasteiger partial charge on any atom is 0.267 e. The van der Waals surface area contributed by atoms with Crippen LogP contribution < -0.4 is 10.9 Å². The molecule has 0 saturated carbocycles. The predicted molar refractivity (Wildman–Crippen MR) is 129 cm³/mol. The van der Waals surface area contributed by atoms with Crippen molar-refractivity contribution in [1.82, 2.24) is 19.9 Å². The van der Waals surface area contributed by atoms with E-state index < -0.39 is 6.04 Å². The molecule has 6 nitrogen and oxygen atoms in total. The summed E-state index contributed by atoms with van der Waals surface area (Å²) in [4.78, 5) is 21.9. The largest absolute Gasteiger partial charge is 0.493 e. The fraction of sp³-hybridized carbons (Fsp3) is 0.280. The van der Waals surface area contributed by atoms with Gasteiger partial charge < -0.3 is 15.4 Å². The van der Waals surface area contributed by atoms with Gasteiger partial charge in [-0.05, 0) is 43.5 Å². The zero-order valence-corrected chi connectivity index (χ0v) is 19.0. The van der Waals surface area contributed by atoms with Crippen molar-refractivity contribution in [2.45, 2.75) is 37.9 Å². The summed E-state index contributed by atoms with van der Waals surface area (Å²) in [6, 6.07) is 15.5. The van der Waals surface area contributed by atoms with Crippen LogP contribution in [0.2, 0.25) is 0 Å². The number of aromatic amines is 1. The fourth-order valence-corrected chi connectivity index (χ4v) is 5.25. The van der Waals surface area contributed by atoms with E-state index in [0.29, 0.717) is 5.16 Å². The number of nitrogens with one attached hydrogen (secondary N) is 2. The average Bonchev–Trinajstić information content (AvgIpc) is 3.18. The van der Waals surface area contributed by atoms with Crippen LogP contribution in [0.3, 0.4) is 0 Å². The van der Waals surface area contributed by atoms with E-state index in [1.807, 2.05) is 49.4 Å². The SMILES string of the molecule is CCCSc1nc(O)c(C2NCCc3c2[nH]c2ccccc32)c(=O)n1-c1ccc(C)cc1. The molecular formula is C25H26N4O2S. The number of para-hydroxylation sites is 1. The van der Waals surface area contributed by atoms with Crippen molar-refractivity contribution in [1.29, 1.82) is 0 Å². The minimum absolute atomic E-state index is 0.207. The Morgan fingerprint density at radius 2 is 1.97 bits per heavy atom. The van der Waals surface area contributed by atoms with Crippen molar-refractivity contribution in [3.63, 3.8) is 0 Å². The lowest BCUT2D eigenvalue weighted by molar-refractivity contribution is 0.417. The van der Waals surface area contributed by atoms with Crippen LogP contribution in [0.1, 0.15) is 41.8 Å². The third-order valence-corrected chi connectivity index (χ3v) is 7.09. The highest BCUT2D eigenvalue weighted by Crippen LogP contribution is 2.35. The van der Waals surface area contributed by atoms with E-state index in [-0.39, 0.29) is 17.0 Å². The van der Waals surface area contributed by atoms with E-state index in [2.05, 4.69) is 28.3 Å². The van der Waals surface area contributed by atoms with Gasteiger partial charge in [0.1, 0.15) is 5.56 Å². The highest BCUT2D eigenvalue weighted by atomic mass is 32.2. The molecule has 164 valence electrons. The normalized spacial score (nSPS) is 15.8. The number of H-pyrrole nitrogens is 1. The summed E-state index contributed by atoms with van der Waals surface area (Å²) in [5.41, 5.74) is 5.05. The van der Waals surface area contributed by atoms with E-state index in [1.165, 1.54) is 17.3 Å². The molecule has 1 unspecified atom stereocenters. The molecule has 1 aliphatic rings. The highest BCUT2D eigenvalue weighted by Gasteiger charge is 2.31. The van der Waals surface area contributed by atoms with Gasteiger partial charge in [-0.2, -0.15) is 4.98 Å². The first-order valence-corrected chi connectivity index (χ1v) is 12.0. The number of hydrogen-bond acceptors (Lipinski definition) is 5. The minimum atomic E-state index is -0.451. The number of aryl methyl sites for hydroxylation is 1. The Bertz CT molecular complexity index is 1340. The molecule has 0 radical (unpaired) electrons. The summed E-state index contributed by atoms with van der Waals surface area (Å²) in [6.07, 6.45) is 1.81. The second kappa shape index (κ2) is 8.48. The van der Waals surface area contributed by atoms with Crippen LogP contribution in [0.15, 0.2) is 58.5 Å². The summed E-state index contributed by atoms with van der Waals surface area (Å²) in [6.45, 7) is 4.82. The lowest BCUT2D eigenvalue weighted by Gasteiger charge is -2.25. The first-order chi connectivity index (χ1) is 15.6. The van der Waals surface area contributed by atoms with E-state index in [4.69, 9.17) is 0 Å². The second-order valence-corrected chi connectivity index (χ2v) is 9.22. The fourth-order valence-electron chi connectivity index (χ4n) is 4.39. The van der Waals surface area contributed by atoms with Crippen molar-refractivity contribution in [3.8, 4) is 11.6 Å². The number of hydrogen-bond donors (Lipinski definition) is 3. The van der Waals surface area contributed by atoms with Gasteiger partial charge in [0.2, 0.25) is 5.88 Å². The van der Waals surface area contributed by atoms with Gasteiger partial charge in [0.15, 0.2) is 5.16 Å². The molecule has 0 bridgehead atoms. The van der Waals surface area contributed by atoms with Gasteiger partial charge in [0.05, 0.1) is 11.7 Å². The van der Waals surface area contributed by atoms with Crippen molar-refractivity contribution in [2.24, 2.45) is 0 Å². The summed E-state index contributed by atoms with van der Waals surface area (Å²) in [5.74, 6) is 0.603. The number of fused-ring (bicyclic) bond motifs is 3. The molecule has 1 atom stereocenters. The molecule has 0 aliphatic carbocycles. The standard InChI is InChI=1S/C25H26N4O2S/c1-3-14-32-25-28-23(30)20(24(31)29(25)16-10-8-15(2)9-11-16)22-21-18(12-13-26-22)17-6-4-5-7-19(17)27-21/h4-11,22,26-27,30H,3,12-14H2,1-2H3. The van der Waals surface area contributed by atoms with Crippen molar-refractivity contribution < 1.29 is 5.11 Å². The molecule has 7 heteroatoms. The average molecular weight is 447 g/mol. The number of benzene rings is 2. The van der Waals surface area contributed by atoms with Crippen LogP contribution in [0, 0.1) is 6.92 Å². The number of aromatic nitrogens is 3. The Hall–Kier alpha value is -3.03. The summed E-state index contributed by atoms with van der Waals surface area (Å²) in [7, 11) is 0. The van der Waals surface area contributed by atoms with Gasteiger partial charge in [-0.3, -0.25) is 9.36 Å². The van der Waals surface area contributed by atoms with Gasteiger partial charge in [0.25, 0.3) is 5.56 Å². The number of thioether (sulfide) groups is 1. The maximum absolute atomic E-state index is 13.9. The van der Waals surface area contributed by atoms with Gasteiger partial charge >= 0.3 is 0 Å². The quantitative estimate of drug-likeness (QED) is 0.311. The Balaban J connectivity index is 1.71. The Morgan fingerprint density at radius 1 is 1.19 bits per heavy atom. The molecule has 3 heterocycles. The first kappa shape index (κ1) is 20.8. The van der Waals surface area contributed by atoms with Gasteiger partial charge in [-0.25, -0.2) is 0 Å². The molecule has 4 aromatic rings. The maximum atomic E-state index is 13.9. The van der Waals surface area contributed by atoms with E-state index in [9.17, 15) is 9.90 Å². The second-order valence-electron chi connectivity index (χ2n) is 8.16. The van der Waals surface area contributed by atoms with Crippen molar-refractivity contribution >= 4 is 22.7 Å². The topological polar surface area (TPSA) is 82.9 Å². The highest BCUT2D eigenvalue weighted by molar-refractivity contribution is 7.99. The predicted octanol–water partition coefficient (Wildman–Crippen LogP) is 4.47. The van der Waals surface area contributed by atoms with E-state index in [0.717, 1.165) is 53.0 Å².